The Balaban J connectivity index is 1.50. The fourth-order valence-electron chi connectivity index (χ4n) is 2.28. The van der Waals surface area contributed by atoms with Crippen molar-refractivity contribution >= 4 is 12.1 Å². The van der Waals surface area contributed by atoms with Gasteiger partial charge in [0.1, 0.15) is 5.75 Å². The molecule has 6 nitrogen and oxygen atoms in total. The zero-order valence-electron chi connectivity index (χ0n) is 13.3. The number of nitrogens with one attached hydrogen (secondary N) is 1. The SMILES string of the molecule is CCc1ccccc1OCC(=O)N/N=C/c1ccc2c(c1)OCO2. The maximum atomic E-state index is 11.8. The van der Waals surface area contributed by atoms with Gasteiger partial charge in [0.25, 0.3) is 5.91 Å². The van der Waals surface area contributed by atoms with Crippen LogP contribution in [0.5, 0.6) is 17.2 Å². The molecule has 2 aromatic rings. The fourth-order valence-corrected chi connectivity index (χ4v) is 2.28. The van der Waals surface area contributed by atoms with Crippen molar-refractivity contribution in [3.8, 4) is 17.2 Å². The molecule has 0 unspecified atom stereocenters. The van der Waals surface area contributed by atoms with E-state index < -0.39 is 0 Å². The summed E-state index contributed by atoms with van der Waals surface area (Å²) < 4.78 is 16.1. The highest BCUT2D eigenvalue weighted by molar-refractivity contribution is 5.83. The van der Waals surface area contributed by atoms with Gasteiger partial charge < -0.3 is 14.2 Å². The second-order valence-corrected chi connectivity index (χ2v) is 5.16. The summed E-state index contributed by atoms with van der Waals surface area (Å²) in [6.45, 7) is 2.18. The summed E-state index contributed by atoms with van der Waals surface area (Å²) in [6, 6.07) is 13.1. The molecule has 124 valence electrons. The van der Waals surface area contributed by atoms with E-state index in [-0.39, 0.29) is 19.3 Å². The molecule has 0 saturated carbocycles. The maximum absolute atomic E-state index is 11.8. The van der Waals surface area contributed by atoms with Gasteiger partial charge in [0, 0.05) is 0 Å². The van der Waals surface area contributed by atoms with Crippen LogP contribution in [0.3, 0.4) is 0 Å². The van der Waals surface area contributed by atoms with Crippen LogP contribution in [0.2, 0.25) is 0 Å². The second kappa shape index (κ2) is 7.50. The summed E-state index contributed by atoms with van der Waals surface area (Å²) in [5.74, 6) is 1.77. The number of fused-ring (bicyclic) bond motifs is 1. The van der Waals surface area contributed by atoms with E-state index in [9.17, 15) is 4.79 Å². The molecular weight excluding hydrogens is 308 g/mol. The Kier molecular flexibility index (Phi) is 4.96. The van der Waals surface area contributed by atoms with Crippen LogP contribution < -0.4 is 19.6 Å². The Morgan fingerprint density at radius 1 is 1.25 bits per heavy atom. The first-order valence-corrected chi connectivity index (χ1v) is 7.68. The number of hydrogen-bond acceptors (Lipinski definition) is 5. The van der Waals surface area contributed by atoms with Gasteiger partial charge in [0.2, 0.25) is 6.79 Å². The average molecular weight is 326 g/mol. The number of aryl methyl sites for hydroxylation is 1. The lowest BCUT2D eigenvalue weighted by molar-refractivity contribution is -0.123. The third-order valence-corrected chi connectivity index (χ3v) is 3.51. The van der Waals surface area contributed by atoms with Gasteiger partial charge in [0.15, 0.2) is 18.1 Å². The highest BCUT2D eigenvalue weighted by Gasteiger charge is 2.12. The van der Waals surface area contributed by atoms with Gasteiger partial charge in [-0.15, -0.1) is 0 Å². The molecule has 0 aliphatic carbocycles. The Labute approximate surface area is 140 Å². The minimum absolute atomic E-state index is 0.0878. The number of benzene rings is 2. The van der Waals surface area contributed by atoms with Crippen LogP contribution in [0.1, 0.15) is 18.1 Å². The van der Waals surface area contributed by atoms with Gasteiger partial charge in [-0.1, -0.05) is 25.1 Å². The molecule has 1 aliphatic heterocycles. The number of hydrazone groups is 1. The van der Waals surface area contributed by atoms with E-state index in [0.717, 1.165) is 23.3 Å². The summed E-state index contributed by atoms with van der Waals surface area (Å²) >= 11 is 0. The molecule has 6 heteroatoms. The number of amides is 1. The van der Waals surface area contributed by atoms with Crippen LogP contribution in [0.25, 0.3) is 0 Å². The molecular formula is C18H18N2O4. The van der Waals surface area contributed by atoms with Crippen LogP contribution in [0.4, 0.5) is 0 Å². The molecule has 0 spiro atoms. The lowest BCUT2D eigenvalue weighted by Gasteiger charge is -2.08. The monoisotopic (exact) mass is 326 g/mol. The van der Waals surface area contributed by atoms with Crippen LogP contribution >= 0.6 is 0 Å². The number of nitrogens with zero attached hydrogens (tertiary/aromatic N) is 1. The molecule has 0 radical (unpaired) electrons. The molecule has 0 atom stereocenters. The van der Waals surface area contributed by atoms with Crippen LogP contribution in [0.15, 0.2) is 47.6 Å². The van der Waals surface area contributed by atoms with Gasteiger partial charge in [0.05, 0.1) is 6.21 Å². The van der Waals surface area contributed by atoms with E-state index >= 15 is 0 Å². The first-order valence-electron chi connectivity index (χ1n) is 7.68. The lowest BCUT2D eigenvalue weighted by Crippen LogP contribution is -2.24. The van der Waals surface area contributed by atoms with E-state index in [1.165, 1.54) is 0 Å². The second-order valence-electron chi connectivity index (χ2n) is 5.16. The van der Waals surface area contributed by atoms with Crippen molar-refractivity contribution in [1.82, 2.24) is 5.43 Å². The Morgan fingerprint density at radius 3 is 2.96 bits per heavy atom. The number of carbonyl (C=O) groups excluding carboxylic acids is 1. The predicted molar refractivity (Wildman–Crippen MR) is 89.6 cm³/mol. The molecule has 0 saturated heterocycles. The minimum Gasteiger partial charge on any atom is -0.483 e. The van der Waals surface area contributed by atoms with E-state index in [1.54, 1.807) is 18.3 Å². The minimum atomic E-state index is -0.321. The van der Waals surface area contributed by atoms with Crippen LogP contribution in [-0.2, 0) is 11.2 Å². The van der Waals surface area contributed by atoms with Gasteiger partial charge in [-0.3, -0.25) is 4.79 Å². The molecule has 1 amide bonds. The quantitative estimate of drug-likeness (QED) is 0.654. The van der Waals surface area contributed by atoms with Crippen molar-refractivity contribution in [2.75, 3.05) is 13.4 Å². The Hall–Kier alpha value is -3.02. The molecule has 24 heavy (non-hydrogen) atoms. The number of ether oxygens (including phenoxy) is 3. The molecule has 1 heterocycles. The number of carbonyl (C=O) groups is 1. The maximum Gasteiger partial charge on any atom is 0.277 e. The first-order chi connectivity index (χ1) is 11.8. The molecule has 2 aromatic carbocycles. The van der Waals surface area contributed by atoms with Gasteiger partial charge in [-0.25, -0.2) is 5.43 Å². The Bertz CT molecular complexity index is 758. The van der Waals surface area contributed by atoms with E-state index in [2.05, 4.69) is 10.5 Å². The van der Waals surface area contributed by atoms with Crippen molar-refractivity contribution in [3.05, 3.63) is 53.6 Å². The molecule has 1 aliphatic rings. The smallest absolute Gasteiger partial charge is 0.277 e. The summed E-state index contributed by atoms with van der Waals surface area (Å²) in [5, 5.41) is 3.92. The standard InChI is InChI=1S/C18H18N2O4/c1-2-14-5-3-4-6-15(14)22-11-18(21)20-19-10-13-7-8-16-17(9-13)24-12-23-16/h3-10H,2,11-12H2,1H3,(H,20,21)/b19-10+. The third-order valence-electron chi connectivity index (χ3n) is 3.51. The summed E-state index contributed by atoms with van der Waals surface area (Å²) in [7, 11) is 0. The van der Waals surface area contributed by atoms with E-state index in [1.807, 2.05) is 37.3 Å². The lowest BCUT2D eigenvalue weighted by atomic mass is 10.1. The fraction of sp³-hybridized carbons (Fsp3) is 0.222. The third kappa shape index (κ3) is 3.84. The molecule has 0 aromatic heterocycles. The summed E-state index contributed by atoms with van der Waals surface area (Å²) in [6.07, 6.45) is 2.39. The van der Waals surface area contributed by atoms with Gasteiger partial charge in [-0.05, 0) is 41.8 Å². The Morgan fingerprint density at radius 2 is 2.08 bits per heavy atom. The van der Waals surface area contributed by atoms with Crippen molar-refractivity contribution in [2.45, 2.75) is 13.3 Å². The van der Waals surface area contributed by atoms with Crippen molar-refractivity contribution < 1.29 is 19.0 Å². The summed E-state index contributed by atoms with van der Waals surface area (Å²) in [5.41, 5.74) is 4.31. The van der Waals surface area contributed by atoms with Crippen LogP contribution in [-0.4, -0.2) is 25.5 Å². The van der Waals surface area contributed by atoms with Gasteiger partial charge >= 0.3 is 0 Å². The summed E-state index contributed by atoms with van der Waals surface area (Å²) in [4.78, 5) is 11.8. The normalized spacial score (nSPS) is 12.4. The molecule has 3 rings (SSSR count). The number of hydrogen-bond donors (Lipinski definition) is 1. The predicted octanol–water partition coefficient (Wildman–Crippen LogP) is 2.51. The number of para-hydroxylation sites is 1. The van der Waals surface area contributed by atoms with E-state index in [0.29, 0.717) is 11.5 Å². The number of rotatable bonds is 6. The van der Waals surface area contributed by atoms with Crippen LogP contribution in [0, 0.1) is 0 Å². The average Bonchev–Trinajstić information content (AvgIpc) is 3.08. The molecule has 0 fully saturated rings. The molecule has 0 bridgehead atoms. The first kappa shape index (κ1) is 15.9. The zero-order chi connectivity index (χ0) is 16.8. The van der Waals surface area contributed by atoms with E-state index in [4.69, 9.17) is 14.2 Å². The topological polar surface area (TPSA) is 69.2 Å². The molecule has 1 N–H and O–H groups in total. The zero-order valence-corrected chi connectivity index (χ0v) is 13.3. The van der Waals surface area contributed by atoms with Crippen molar-refractivity contribution in [1.29, 1.82) is 0 Å². The van der Waals surface area contributed by atoms with Gasteiger partial charge in [-0.2, -0.15) is 5.10 Å². The largest absolute Gasteiger partial charge is 0.483 e. The van der Waals surface area contributed by atoms with Crippen molar-refractivity contribution in [3.63, 3.8) is 0 Å². The van der Waals surface area contributed by atoms with Crippen molar-refractivity contribution in [2.24, 2.45) is 5.10 Å². The highest BCUT2D eigenvalue weighted by Crippen LogP contribution is 2.31. The highest BCUT2D eigenvalue weighted by atomic mass is 16.7.